The van der Waals surface area contributed by atoms with Crippen LogP contribution < -0.4 is 4.43 Å². The summed E-state index contributed by atoms with van der Waals surface area (Å²) in [7, 11) is -1.79. The van der Waals surface area contributed by atoms with Crippen LogP contribution in [0.3, 0.4) is 0 Å². The van der Waals surface area contributed by atoms with E-state index in [1.54, 1.807) is 0 Å². The smallest absolute Gasteiger partial charge is 0.250 e. The van der Waals surface area contributed by atoms with Gasteiger partial charge in [-0.1, -0.05) is 39.0 Å². The molecule has 3 aromatic rings. The van der Waals surface area contributed by atoms with Crippen molar-refractivity contribution in [3.8, 4) is 5.75 Å². The lowest BCUT2D eigenvalue weighted by atomic mass is 10.1. The first-order valence-electron chi connectivity index (χ1n) is 7.47. The van der Waals surface area contributed by atoms with E-state index < -0.39 is 8.32 Å². The van der Waals surface area contributed by atoms with Crippen LogP contribution in [0.5, 0.6) is 5.75 Å². The van der Waals surface area contributed by atoms with Crippen molar-refractivity contribution in [2.24, 2.45) is 0 Å². The zero-order valence-corrected chi connectivity index (χ0v) is 14.4. The maximum Gasteiger partial charge on any atom is 0.250 e. The van der Waals surface area contributed by atoms with Gasteiger partial charge in [0.1, 0.15) is 5.75 Å². The molecule has 0 aliphatic rings. The Kier molecular flexibility index (Phi) is 3.13. The Hall–Kier alpha value is -1.74. The van der Waals surface area contributed by atoms with Crippen molar-refractivity contribution in [2.75, 3.05) is 0 Å². The molecule has 3 rings (SSSR count). The standard InChI is InChI=1S/C18H23NOSi/c1-18(2,3)21(4,5)20-13-10-11-15-14-8-6-7-9-16(14)19-17(15)12-13/h6-12,19H,1-5H3. The Morgan fingerprint density at radius 2 is 1.57 bits per heavy atom. The van der Waals surface area contributed by atoms with Gasteiger partial charge in [-0.25, -0.2) is 0 Å². The molecule has 0 aliphatic heterocycles. The highest BCUT2D eigenvalue weighted by molar-refractivity contribution is 6.74. The molecule has 3 heteroatoms. The average Bonchev–Trinajstić information content (AvgIpc) is 2.74. The van der Waals surface area contributed by atoms with Gasteiger partial charge in [-0.05, 0) is 36.3 Å². The predicted octanol–water partition coefficient (Wildman–Crippen LogP) is 5.71. The normalized spacial score (nSPS) is 13.0. The average molecular weight is 297 g/mol. The maximum absolute atomic E-state index is 6.39. The number of fused-ring (bicyclic) bond motifs is 3. The Balaban J connectivity index is 2.04. The summed E-state index contributed by atoms with van der Waals surface area (Å²) in [5.74, 6) is 0.973. The SMILES string of the molecule is CC(C)(C)[Si](C)(C)Oc1ccc2c(c1)[nH]c1ccccc12. The number of H-pyrrole nitrogens is 1. The highest BCUT2D eigenvalue weighted by Crippen LogP contribution is 2.38. The fraction of sp³-hybridized carbons (Fsp3) is 0.333. The Bertz CT molecular complexity index is 796. The molecule has 1 aromatic heterocycles. The van der Waals surface area contributed by atoms with Crippen LogP contribution in [-0.2, 0) is 0 Å². The number of para-hydroxylation sites is 1. The monoisotopic (exact) mass is 297 g/mol. The van der Waals surface area contributed by atoms with Crippen molar-refractivity contribution in [2.45, 2.75) is 38.9 Å². The highest BCUT2D eigenvalue weighted by atomic mass is 28.4. The lowest BCUT2D eigenvalue weighted by Crippen LogP contribution is -2.43. The van der Waals surface area contributed by atoms with Crippen LogP contribution >= 0.6 is 0 Å². The van der Waals surface area contributed by atoms with Gasteiger partial charge < -0.3 is 9.41 Å². The van der Waals surface area contributed by atoms with Crippen molar-refractivity contribution >= 4 is 30.1 Å². The number of hydrogen-bond donors (Lipinski definition) is 1. The summed E-state index contributed by atoms with van der Waals surface area (Å²) < 4.78 is 6.39. The molecule has 21 heavy (non-hydrogen) atoms. The summed E-state index contributed by atoms with van der Waals surface area (Å²) >= 11 is 0. The Morgan fingerprint density at radius 1 is 0.905 bits per heavy atom. The molecule has 0 bridgehead atoms. The van der Waals surface area contributed by atoms with Gasteiger partial charge in [0.15, 0.2) is 0 Å². The molecule has 110 valence electrons. The first-order valence-corrected chi connectivity index (χ1v) is 10.4. The molecular formula is C18H23NOSi. The summed E-state index contributed by atoms with van der Waals surface area (Å²) in [4.78, 5) is 3.48. The molecule has 0 amide bonds. The topological polar surface area (TPSA) is 25.0 Å². The molecule has 1 heterocycles. The zero-order valence-electron chi connectivity index (χ0n) is 13.4. The molecule has 0 aliphatic carbocycles. The molecule has 1 N–H and O–H groups in total. The van der Waals surface area contributed by atoms with Gasteiger partial charge in [0, 0.05) is 22.4 Å². The minimum Gasteiger partial charge on any atom is -0.543 e. The number of benzene rings is 2. The molecule has 0 unspecified atom stereocenters. The molecule has 0 spiro atoms. The van der Waals surface area contributed by atoms with E-state index in [4.69, 9.17) is 4.43 Å². The van der Waals surface area contributed by atoms with Crippen molar-refractivity contribution in [3.05, 3.63) is 42.5 Å². The summed E-state index contributed by atoms with van der Waals surface area (Å²) in [5.41, 5.74) is 2.32. The van der Waals surface area contributed by atoms with Crippen LogP contribution in [0.25, 0.3) is 21.8 Å². The third-order valence-electron chi connectivity index (χ3n) is 4.66. The summed E-state index contributed by atoms with van der Waals surface area (Å²) in [6, 6.07) is 14.8. The van der Waals surface area contributed by atoms with E-state index in [0.29, 0.717) is 0 Å². The first kappa shape index (κ1) is 14.2. The van der Waals surface area contributed by atoms with Gasteiger partial charge in [-0.3, -0.25) is 0 Å². The summed E-state index contributed by atoms with van der Waals surface area (Å²) in [6.07, 6.45) is 0. The summed E-state index contributed by atoms with van der Waals surface area (Å²) in [6.45, 7) is 11.4. The van der Waals surface area contributed by atoms with Crippen molar-refractivity contribution in [1.29, 1.82) is 0 Å². The number of hydrogen-bond acceptors (Lipinski definition) is 1. The van der Waals surface area contributed by atoms with Crippen LogP contribution in [-0.4, -0.2) is 13.3 Å². The zero-order chi connectivity index (χ0) is 15.3. The largest absolute Gasteiger partial charge is 0.543 e. The lowest BCUT2D eigenvalue weighted by Gasteiger charge is -2.36. The van der Waals surface area contributed by atoms with Crippen LogP contribution in [0.15, 0.2) is 42.5 Å². The second kappa shape index (κ2) is 4.63. The molecule has 0 saturated carbocycles. The molecular weight excluding hydrogens is 274 g/mol. The van der Waals surface area contributed by atoms with E-state index in [1.165, 1.54) is 16.3 Å². The minimum atomic E-state index is -1.79. The van der Waals surface area contributed by atoms with Gasteiger partial charge >= 0.3 is 0 Å². The van der Waals surface area contributed by atoms with Crippen molar-refractivity contribution in [1.82, 2.24) is 4.98 Å². The fourth-order valence-corrected chi connectivity index (χ4v) is 3.37. The third kappa shape index (κ3) is 2.46. The van der Waals surface area contributed by atoms with Gasteiger partial charge in [0.05, 0.1) is 5.52 Å². The van der Waals surface area contributed by atoms with Gasteiger partial charge in [0.25, 0.3) is 0 Å². The molecule has 0 radical (unpaired) electrons. The van der Waals surface area contributed by atoms with Crippen molar-refractivity contribution < 1.29 is 4.43 Å². The van der Waals surface area contributed by atoms with Gasteiger partial charge in [0.2, 0.25) is 8.32 Å². The van der Waals surface area contributed by atoms with E-state index in [2.05, 4.69) is 81.3 Å². The van der Waals surface area contributed by atoms with Crippen LogP contribution in [0.4, 0.5) is 0 Å². The predicted molar refractivity (Wildman–Crippen MR) is 93.6 cm³/mol. The minimum absolute atomic E-state index is 0.211. The summed E-state index contributed by atoms with van der Waals surface area (Å²) in [5, 5.41) is 2.74. The van der Waals surface area contributed by atoms with Crippen molar-refractivity contribution in [3.63, 3.8) is 0 Å². The molecule has 0 fully saturated rings. The second-order valence-corrected chi connectivity index (χ2v) is 12.0. The molecule has 0 saturated heterocycles. The van der Waals surface area contributed by atoms with Crippen LogP contribution in [0, 0.1) is 0 Å². The molecule has 2 aromatic carbocycles. The van der Waals surface area contributed by atoms with E-state index in [1.807, 2.05) is 0 Å². The second-order valence-electron chi connectivity index (χ2n) is 7.24. The fourth-order valence-electron chi connectivity index (χ4n) is 2.34. The Labute approximate surface area is 127 Å². The van der Waals surface area contributed by atoms with E-state index in [9.17, 15) is 0 Å². The number of rotatable bonds is 2. The first-order chi connectivity index (χ1) is 9.78. The highest BCUT2D eigenvalue weighted by Gasteiger charge is 2.38. The molecule has 2 nitrogen and oxygen atoms in total. The number of aromatic amines is 1. The quantitative estimate of drug-likeness (QED) is 0.602. The van der Waals surface area contributed by atoms with Crippen LogP contribution in [0.2, 0.25) is 18.1 Å². The lowest BCUT2D eigenvalue weighted by molar-refractivity contribution is 0.493. The third-order valence-corrected chi connectivity index (χ3v) is 9.02. The Morgan fingerprint density at radius 3 is 2.29 bits per heavy atom. The number of nitrogens with one attached hydrogen (secondary N) is 1. The van der Waals surface area contributed by atoms with Gasteiger partial charge in [-0.15, -0.1) is 0 Å². The van der Waals surface area contributed by atoms with Crippen LogP contribution in [0.1, 0.15) is 20.8 Å². The maximum atomic E-state index is 6.39. The van der Waals surface area contributed by atoms with Gasteiger partial charge in [-0.2, -0.15) is 0 Å². The van der Waals surface area contributed by atoms with E-state index in [-0.39, 0.29) is 5.04 Å². The van der Waals surface area contributed by atoms with E-state index in [0.717, 1.165) is 11.3 Å². The van der Waals surface area contributed by atoms with E-state index >= 15 is 0 Å². The molecule has 0 atom stereocenters. The number of aromatic nitrogens is 1.